The molecular formula is C18H19NO8. The van der Waals surface area contributed by atoms with E-state index in [2.05, 4.69) is 14.5 Å². The largest absolute Gasteiger partial charge is 0.506 e. The lowest BCUT2D eigenvalue weighted by molar-refractivity contribution is -0.140. The van der Waals surface area contributed by atoms with Crippen LogP contribution in [0.1, 0.15) is 33.8 Å². The van der Waals surface area contributed by atoms with Crippen LogP contribution in [0.2, 0.25) is 0 Å². The molecule has 0 spiro atoms. The third kappa shape index (κ3) is 4.02. The highest BCUT2D eigenvalue weighted by atomic mass is 16.5. The Morgan fingerprint density at radius 3 is 2.44 bits per heavy atom. The van der Waals surface area contributed by atoms with E-state index in [1.54, 1.807) is 0 Å². The molecule has 1 aromatic carbocycles. The molecule has 9 nitrogen and oxygen atoms in total. The zero-order valence-corrected chi connectivity index (χ0v) is 14.9. The summed E-state index contributed by atoms with van der Waals surface area (Å²) >= 11 is 0. The molecule has 0 saturated heterocycles. The van der Waals surface area contributed by atoms with Crippen LogP contribution in [0.4, 0.5) is 0 Å². The number of pyridine rings is 1. The van der Waals surface area contributed by atoms with Gasteiger partial charge in [-0.15, -0.1) is 0 Å². The Bertz CT molecular complexity index is 918. The first-order valence-electron chi connectivity index (χ1n) is 7.80. The molecule has 3 N–H and O–H groups in total. The predicted octanol–water partition coefficient (Wildman–Crippen LogP) is 1.28. The Hall–Kier alpha value is -3.49. The highest BCUT2D eigenvalue weighted by Gasteiger charge is 2.28. The van der Waals surface area contributed by atoms with Crippen LogP contribution in [0.15, 0.2) is 29.2 Å². The third-order valence-corrected chi connectivity index (χ3v) is 4.06. The van der Waals surface area contributed by atoms with E-state index in [1.165, 1.54) is 32.4 Å². The smallest absolute Gasteiger partial charge is 0.343 e. The molecular weight excluding hydrogens is 358 g/mol. The SMILES string of the molecule is COC(=O)C[C@H](c1ccc(O)c(OC)c1)c1c(O)c(C(=O)OC)c[nH]c1=O. The van der Waals surface area contributed by atoms with Gasteiger partial charge in [0.2, 0.25) is 0 Å². The summed E-state index contributed by atoms with van der Waals surface area (Å²) in [5, 5.41) is 20.3. The number of phenolic OH excluding ortho intramolecular Hbond substituents is 1. The summed E-state index contributed by atoms with van der Waals surface area (Å²) in [6, 6.07) is 4.22. The lowest BCUT2D eigenvalue weighted by Crippen LogP contribution is -2.22. The number of esters is 2. The van der Waals surface area contributed by atoms with Gasteiger partial charge >= 0.3 is 11.9 Å². The molecule has 0 radical (unpaired) electrons. The van der Waals surface area contributed by atoms with Gasteiger partial charge in [-0.3, -0.25) is 9.59 Å². The van der Waals surface area contributed by atoms with E-state index in [-0.39, 0.29) is 29.0 Å². The fourth-order valence-electron chi connectivity index (χ4n) is 2.67. The Balaban J connectivity index is 2.70. The van der Waals surface area contributed by atoms with Gasteiger partial charge in [0.15, 0.2) is 11.5 Å². The van der Waals surface area contributed by atoms with Crippen molar-refractivity contribution in [3.05, 3.63) is 51.4 Å². The van der Waals surface area contributed by atoms with Crippen molar-refractivity contribution in [2.75, 3.05) is 21.3 Å². The standard InChI is InChI=1S/C18H19NO8/c1-25-13-6-9(4-5-12(13)20)10(7-14(21)26-2)15-16(22)11(18(24)27-3)8-19-17(15)23/h4-6,8,10,20H,7H2,1-3H3,(H2,19,22,23)/t10-/m1/s1. The second-order valence-corrected chi connectivity index (χ2v) is 5.55. The van der Waals surface area contributed by atoms with E-state index < -0.39 is 29.2 Å². The number of carbonyl (C=O) groups is 2. The Morgan fingerprint density at radius 2 is 1.85 bits per heavy atom. The van der Waals surface area contributed by atoms with Crippen LogP contribution in [0.25, 0.3) is 0 Å². The number of methoxy groups -OCH3 is 3. The minimum absolute atomic E-state index is 0.113. The second-order valence-electron chi connectivity index (χ2n) is 5.55. The monoisotopic (exact) mass is 377 g/mol. The number of carbonyl (C=O) groups excluding carboxylic acids is 2. The molecule has 0 aliphatic heterocycles. The van der Waals surface area contributed by atoms with E-state index in [1.807, 2.05) is 0 Å². The number of phenols is 1. The van der Waals surface area contributed by atoms with Gasteiger partial charge in [0, 0.05) is 12.1 Å². The van der Waals surface area contributed by atoms with Gasteiger partial charge in [-0.1, -0.05) is 6.07 Å². The Labute approximate surface area is 154 Å². The Kier molecular flexibility index (Phi) is 6.07. The van der Waals surface area contributed by atoms with E-state index in [4.69, 9.17) is 4.74 Å². The first-order chi connectivity index (χ1) is 12.8. The van der Waals surface area contributed by atoms with Crippen molar-refractivity contribution >= 4 is 11.9 Å². The van der Waals surface area contributed by atoms with Crippen LogP contribution < -0.4 is 10.3 Å². The van der Waals surface area contributed by atoms with E-state index >= 15 is 0 Å². The summed E-state index contributed by atoms with van der Waals surface area (Å²) in [7, 11) is 3.66. The van der Waals surface area contributed by atoms with Crippen molar-refractivity contribution in [1.82, 2.24) is 4.98 Å². The van der Waals surface area contributed by atoms with Crippen LogP contribution in [0.5, 0.6) is 17.2 Å². The van der Waals surface area contributed by atoms with E-state index in [0.717, 1.165) is 13.3 Å². The molecule has 0 amide bonds. The number of aromatic hydroxyl groups is 2. The molecule has 27 heavy (non-hydrogen) atoms. The number of ether oxygens (including phenoxy) is 3. The van der Waals surface area contributed by atoms with Gasteiger partial charge in [0.1, 0.15) is 11.3 Å². The van der Waals surface area contributed by atoms with Gasteiger partial charge in [-0.2, -0.15) is 0 Å². The summed E-state index contributed by atoms with van der Waals surface area (Å²) < 4.78 is 14.3. The molecule has 9 heteroatoms. The second kappa shape index (κ2) is 8.26. The quantitative estimate of drug-likeness (QED) is 0.641. The lowest BCUT2D eigenvalue weighted by atomic mass is 9.87. The molecule has 1 heterocycles. The highest BCUT2D eigenvalue weighted by molar-refractivity contribution is 5.92. The zero-order chi connectivity index (χ0) is 20.1. The minimum Gasteiger partial charge on any atom is -0.506 e. The van der Waals surface area contributed by atoms with Crippen LogP contribution in [-0.4, -0.2) is 48.5 Å². The number of aromatic nitrogens is 1. The maximum absolute atomic E-state index is 12.4. The number of H-pyrrole nitrogens is 1. The molecule has 0 unspecified atom stereocenters. The van der Waals surface area contributed by atoms with Crippen molar-refractivity contribution in [2.45, 2.75) is 12.3 Å². The summed E-state index contributed by atoms with van der Waals surface area (Å²) in [4.78, 5) is 38.5. The number of aromatic amines is 1. The number of rotatable bonds is 6. The average Bonchev–Trinajstić information content (AvgIpc) is 2.66. The van der Waals surface area contributed by atoms with Crippen molar-refractivity contribution < 1.29 is 34.0 Å². The third-order valence-electron chi connectivity index (χ3n) is 4.06. The molecule has 1 aromatic heterocycles. The lowest BCUT2D eigenvalue weighted by Gasteiger charge is -2.19. The average molecular weight is 377 g/mol. The molecule has 0 aliphatic carbocycles. The van der Waals surface area contributed by atoms with E-state index in [9.17, 15) is 24.6 Å². The number of benzene rings is 1. The summed E-state index contributed by atoms with van der Waals surface area (Å²) in [6.45, 7) is 0. The van der Waals surface area contributed by atoms with Crippen LogP contribution >= 0.6 is 0 Å². The first-order valence-corrected chi connectivity index (χ1v) is 7.80. The molecule has 0 bridgehead atoms. The fourth-order valence-corrected chi connectivity index (χ4v) is 2.67. The fraction of sp³-hybridized carbons (Fsp3) is 0.278. The maximum atomic E-state index is 12.4. The number of nitrogens with one attached hydrogen (secondary N) is 1. The minimum atomic E-state index is -0.972. The van der Waals surface area contributed by atoms with Crippen LogP contribution in [0.3, 0.4) is 0 Å². The van der Waals surface area contributed by atoms with Crippen molar-refractivity contribution in [2.24, 2.45) is 0 Å². The van der Waals surface area contributed by atoms with E-state index in [0.29, 0.717) is 5.56 Å². The van der Waals surface area contributed by atoms with Crippen molar-refractivity contribution in [1.29, 1.82) is 0 Å². The van der Waals surface area contributed by atoms with Gasteiger partial charge < -0.3 is 29.4 Å². The molecule has 144 valence electrons. The summed E-state index contributed by atoms with van der Waals surface area (Å²) in [6.07, 6.45) is 0.727. The highest BCUT2D eigenvalue weighted by Crippen LogP contribution is 2.37. The molecule has 0 aliphatic rings. The molecule has 0 saturated carbocycles. The first kappa shape index (κ1) is 19.8. The van der Waals surface area contributed by atoms with Crippen LogP contribution in [-0.2, 0) is 14.3 Å². The molecule has 0 fully saturated rings. The van der Waals surface area contributed by atoms with Crippen molar-refractivity contribution in [3.8, 4) is 17.2 Å². The Morgan fingerprint density at radius 1 is 1.15 bits per heavy atom. The zero-order valence-electron chi connectivity index (χ0n) is 14.9. The molecule has 2 aromatic rings. The topological polar surface area (TPSA) is 135 Å². The maximum Gasteiger partial charge on any atom is 0.343 e. The van der Waals surface area contributed by atoms with Gasteiger partial charge in [-0.05, 0) is 17.7 Å². The van der Waals surface area contributed by atoms with Gasteiger partial charge in [0.05, 0.1) is 33.3 Å². The number of hydrogen-bond acceptors (Lipinski definition) is 8. The summed E-state index contributed by atoms with van der Waals surface area (Å²) in [5.74, 6) is -3.10. The predicted molar refractivity (Wildman–Crippen MR) is 93.2 cm³/mol. The normalized spacial score (nSPS) is 11.5. The molecule has 2 rings (SSSR count). The van der Waals surface area contributed by atoms with Gasteiger partial charge in [0.25, 0.3) is 5.56 Å². The van der Waals surface area contributed by atoms with Gasteiger partial charge in [-0.25, -0.2) is 4.79 Å². The molecule has 1 atom stereocenters. The van der Waals surface area contributed by atoms with Crippen LogP contribution in [0, 0.1) is 0 Å². The summed E-state index contributed by atoms with van der Waals surface area (Å²) in [5.41, 5.74) is -0.775. The number of hydrogen-bond donors (Lipinski definition) is 3. The van der Waals surface area contributed by atoms with Crippen molar-refractivity contribution in [3.63, 3.8) is 0 Å².